The molecule has 0 aliphatic rings. The van der Waals surface area contributed by atoms with Crippen LogP contribution in [0.25, 0.3) is 0 Å². The van der Waals surface area contributed by atoms with Crippen LogP contribution in [-0.4, -0.2) is 27.4 Å². The third-order valence-corrected chi connectivity index (χ3v) is 3.56. The molecular weight excluding hydrogens is 381 g/mol. The van der Waals surface area contributed by atoms with E-state index >= 15 is 0 Å². The number of rotatable bonds is 7. The van der Waals surface area contributed by atoms with Gasteiger partial charge in [-0.05, 0) is 66.6 Å². The van der Waals surface area contributed by atoms with Crippen LogP contribution in [0.1, 0.15) is 18.5 Å². The highest BCUT2D eigenvalue weighted by Gasteiger charge is 2.06. The maximum atomic E-state index is 11.9. The van der Waals surface area contributed by atoms with Gasteiger partial charge < -0.3 is 11.1 Å². The van der Waals surface area contributed by atoms with E-state index in [1.165, 1.54) is 0 Å². The van der Waals surface area contributed by atoms with Crippen LogP contribution in [0.2, 0.25) is 0 Å². The Morgan fingerprint density at radius 1 is 1.38 bits per heavy atom. The summed E-state index contributed by atoms with van der Waals surface area (Å²) in [5.41, 5.74) is 7.13. The van der Waals surface area contributed by atoms with Gasteiger partial charge in [0.1, 0.15) is 6.54 Å². The highest BCUT2D eigenvalue weighted by Crippen LogP contribution is 2.12. The Kier molecular flexibility index (Phi) is 6.12. The molecule has 0 saturated heterocycles. The number of hydrogen-bond donors (Lipinski definition) is 2. The highest BCUT2D eigenvalue weighted by molar-refractivity contribution is 14.1. The molecule has 0 spiro atoms. The van der Waals surface area contributed by atoms with Gasteiger partial charge in [-0.1, -0.05) is 11.3 Å². The second-order valence-corrected chi connectivity index (χ2v) is 5.96. The molecule has 21 heavy (non-hydrogen) atoms. The number of nitrogens with two attached hydrogens (primary N) is 1. The monoisotopic (exact) mass is 399 g/mol. The third kappa shape index (κ3) is 5.43. The van der Waals surface area contributed by atoms with Crippen molar-refractivity contribution in [3.05, 3.63) is 39.7 Å². The van der Waals surface area contributed by atoms with Crippen molar-refractivity contribution in [1.29, 1.82) is 0 Å². The van der Waals surface area contributed by atoms with Crippen molar-refractivity contribution in [2.75, 3.05) is 11.9 Å². The molecule has 2 rings (SSSR count). The van der Waals surface area contributed by atoms with Crippen LogP contribution in [0.15, 0.2) is 30.5 Å². The number of carbonyl (C=O) groups is 1. The molecular formula is C14H18IN5O. The Morgan fingerprint density at radius 3 is 3.00 bits per heavy atom. The van der Waals surface area contributed by atoms with E-state index < -0.39 is 0 Å². The fourth-order valence-electron chi connectivity index (χ4n) is 1.89. The van der Waals surface area contributed by atoms with Crippen LogP contribution in [0.4, 0.5) is 5.69 Å². The molecule has 1 aromatic heterocycles. The van der Waals surface area contributed by atoms with Crippen molar-refractivity contribution in [3.8, 4) is 0 Å². The van der Waals surface area contributed by atoms with Gasteiger partial charge in [0, 0.05) is 15.5 Å². The molecule has 6 nitrogen and oxygen atoms in total. The molecule has 0 fully saturated rings. The molecule has 0 radical (unpaired) electrons. The van der Waals surface area contributed by atoms with Crippen molar-refractivity contribution in [1.82, 2.24) is 15.0 Å². The van der Waals surface area contributed by atoms with Gasteiger partial charge in [-0.25, -0.2) is 4.68 Å². The lowest BCUT2D eigenvalue weighted by Gasteiger charge is -2.05. The van der Waals surface area contributed by atoms with Crippen LogP contribution < -0.4 is 11.1 Å². The topological polar surface area (TPSA) is 85.8 Å². The Hall–Kier alpha value is -1.48. The summed E-state index contributed by atoms with van der Waals surface area (Å²) >= 11 is 2.21. The SMILES string of the molecule is NCCCCc1cn(CC(=O)Nc2cccc(I)c2)nn1. The van der Waals surface area contributed by atoms with Crippen molar-refractivity contribution >= 4 is 34.2 Å². The van der Waals surface area contributed by atoms with Gasteiger partial charge in [0.05, 0.1) is 5.69 Å². The Bertz CT molecular complexity index is 599. The summed E-state index contributed by atoms with van der Waals surface area (Å²) in [6, 6.07) is 7.65. The molecule has 3 N–H and O–H groups in total. The number of nitrogens with one attached hydrogen (secondary N) is 1. The first-order chi connectivity index (χ1) is 10.2. The van der Waals surface area contributed by atoms with Gasteiger partial charge in [0.2, 0.25) is 5.91 Å². The lowest BCUT2D eigenvalue weighted by molar-refractivity contribution is -0.116. The Labute approximate surface area is 137 Å². The molecule has 0 aliphatic carbocycles. The molecule has 0 bridgehead atoms. The second-order valence-electron chi connectivity index (χ2n) is 4.71. The van der Waals surface area contributed by atoms with Gasteiger partial charge in [0.15, 0.2) is 0 Å². The zero-order valence-corrected chi connectivity index (χ0v) is 13.8. The van der Waals surface area contributed by atoms with Crippen LogP contribution >= 0.6 is 22.6 Å². The summed E-state index contributed by atoms with van der Waals surface area (Å²) in [7, 11) is 0. The maximum absolute atomic E-state index is 11.9. The van der Waals surface area contributed by atoms with E-state index in [0.717, 1.165) is 34.2 Å². The van der Waals surface area contributed by atoms with E-state index in [4.69, 9.17) is 5.73 Å². The standard InChI is InChI=1S/C14H18IN5O/c15-11-4-3-6-12(8-11)17-14(21)10-20-9-13(18-19-20)5-1-2-7-16/h3-4,6,8-9H,1-2,5,7,10,16H2,(H,17,21). The molecule has 0 unspecified atom stereocenters. The van der Waals surface area contributed by atoms with E-state index in [9.17, 15) is 4.79 Å². The Balaban J connectivity index is 1.85. The summed E-state index contributed by atoms with van der Waals surface area (Å²) in [6.07, 6.45) is 4.62. The van der Waals surface area contributed by atoms with Crippen LogP contribution in [0, 0.1) is 3.57 Å². The largest absolute Gasteiger partial charge is 0.330 e. The predicted molar refractivity (Wildman–Crippen MR) is 89.8 cm³/mol. The van der Waals surface area contributed by atoms with E-state index in [0.29, 0.717) is 6.54 Å². The third-order valence-electron chi connectivity index (χ3n) is 2.89. The first kappa shape index (κ1) is 15.9. The number of nitrogens with zero attached hydrogens (tertiary/aromatic N) is 3. The molecule has 1 amide bonds. The van der Waals surface area contributed by atoms with Gasteiger partial charge in [-0.15, -0.1) is 5.10 Å². The zero-order valence-electron chi connectivity index (χ0n) is 11.6. The summed E-state index contributed by atoms with van der Waals surface area (Å²) in [5.74, 6) is -0.115. The minimum atomic E-state index is -0.115. The summed E-state index contributed by atoms with van der Waals surface area (Å²) < 4.78 is 2.63. The van der Waals surface area contributed by atoms with Crippen LogP contribution in [0.3, 0.4) is 0 Å². The molecule has 0 aliphatic heterocycles. The number of amides is 1. The van der Waals surface area contributed by atoms with Crippen molar-refractivity contribution in [2.45, 2.75) is 25.8 Å². The smallest absolute Gasteiger partial charge is 0.246 e. The zero-order chi connectivity index (χ0) is 15.1. The lowest BCUT2D eigenvalue weighted by atomic mass is 10.2. The van der Waals surface area contributed by atoms with E-state index in [2.05, 4.69) is 38.2 Å². The minimum absolute atomic E-state index is 0.115. The average molecular weight is 399 g/mol. The second kappa shape index (κ2) is 8.08. The minimum Gasteiger partial charge on any atom is -0.330 e. The number of unbranched alkanes of at least 4 members (excludes halogenated alkanes) is 1. The average Bonchev–Trinajstić information content (AvgIpc) is 2.86. The highest BCUT2D eigenvalue weighted by atomic mass is 127. The van der Waals surface area contributed by atoms with Crippen molar-refractivity contribution in [3.63, 3.8) is 0 Å². The van der Waals surface area contributed by atoms with Crippen LogP contribution in [-0.2, 0) is 17.8 Å². The fourth-order valence-corrected chi connectivity index (χ4v) is 2.44. The normalized spacial score (nSPS) is 10.6. The maximum Gasteiger partial charge on any atom is 0.246 e. The lowest BCUT2D eigenvalue weighted by Crippen LogP contribution is -2.19. The van der Waals surface area contributed by atoms with Gasteiger partial charge in [0.25, 0.3) is 0 Å². The van der Waals surface area contributed by atoms with Crippen molar-refractivity contribution in [2.24, 2.45) is 5.73 Å². The van der Waals surface area contributed by atoms with E-state index in [-0.39, 0.29) is 12.5 Å². The number of halogens is 1. The molecule has 112 valence electrons. The number of anilines is 1. The van der Waals surface area contributed by atoms with Gasteiger partial charge >= 0.3 is 0 Å². The first-order valence-electron chi connectivity index (χ1n) is 6.82. The Morgan fingerprint density at radius 2 is 2.24 bits per heavy atom. The molecule has 0 atom stereocenters. The van der Waals surface area contributed by atoms with Crippen molar-refractivity contribution < 1.29 is 4.79 Å². The first-order valence-corrected chi connectivity index (χ1v) is 7.90. The summed E-state index contributed by atoms with van der Waals surface area (Å²) in [5, 5.41) is 10.9. The van der Waals surface area contributed by atoms with Gasteiger partial charge in [-0.2, -0.15) is 0 Å². The number of aryl methyl sites for hydroxylation is 1. The number of hydrogen-bond acceptors (Lipinski definition) is 4. The summed E-state index contributed by atoms with van der Waals surface area (Å²) in [4.78, 5) is 11.9. The molecule has 7 heteroatoms. The summed E-state index contributed by atoms with van der Waals surface area (Å²) in [6.45, 7) is 0.849. The fraction of sp³-hybridized carbons (Fsp3) is 0.357. The predicted octanol–water partition coefficient (Wildman–Crippen LogP) is 1.80. The number of benzene rings is 1. The molecule has 2 aromatic rings. The van der Waals surface area contributed by atoms with E-state index in [1.54, 1.807) is 4.68 Å². The number of carbonyl (C=O) groups excluding carboxylic acids is 1. The number of aromatic nitrogens is 3. The molecule has 0 saturated carbocycles. The quantitative estimate of drug-likeness (QED) is 0.549. The molecule has 1 heterocycles. The van der Waals surface area contributed by atoms with E-state index in [1.807, 2.05) is 30.5 Å². The van der Waals surface area contributed by atoms with Gasteiger partial charge in [-0.3, -0.25) is 4.79 Å². The van der Waals surface area contributed by atoms with Crippen LogP contribution in [0.5, 0.6) is 0 Å². The molecule has 1 aromatic carbocycles.